The predicted molar refractivity (Wildman–Crippen MR) is 155 cm³/mol. The van der Waals surface area contributed by atoms with Crippen LogP contribution < -0.4 is 0 Å². The van der Waals surface area contributed by atoms with Crippen molar-refractivity contribution in [3.63, 3.8) is 0 Å². The quantitative estimate of drug-likeness (QED) is 0.198. The third kappa shape index (κ3) is 10.7. The summed E-state index contributed by atoms with van der Waals surface area (Å²) in [5, 5.41) is 8.16. The fraction of sp³-hybridized carbons (Fsp3) is 0.833. The third-order valence-corrected chi connectivity index (χ3v) is 8.00. The Balaban J connectivity index is 1.12. The van der Waals surface area contributed by atoms with Crippen LogP contribution in [0.4, 0.5) is 0 Å². The number of amides is 3. The van der Waals surface area contributed by atoms with Gasteiger partial charge in [0.15, 0.2) is 0 Å². The summed E-state index contributed by atoms with van der Waals surface area (Å²) in [5.41, 5.74) is 0.559. The van der Waals surface area contributed by atoms with Crippen LogP contribution in [0.25, 0.3) is 0 Å². The molecule has 2 atom stereocenters. The van der Waals surface area contributed by atoms with Crippen LogP contribution in [0.3, 0.4) is 0 Å². The number of hydrogen-bond donors (Lipinski definition) is 0. The van der Waals surface area contributed by atoms with Crippen molar-refractivity contribution in [3.05, 3.63) is 11.9 Å². The van der Waals surface area contributed by atoms with Gasteiger partial charge in [-0.15, -0.1) is 5.10 Å². The predicted octanol–water partition coefficient (Wildman–Crippen LogP) is 2.55. The first kappa shape index (κ1) is 34.1. The minimum absolute atomic E-state index is 0.139. The lowest BCUT2D eigenvalue weighted by Gasteiger charge is -2.27. The van der Waals surface area contributed by atoms with Gasteiger partial charge in [0.1, 0.15) is 5.69 Å². The van der Waals surface area contributed by atoms with Gasteiger partial charge in [0.2, 0.25) is 17.7 Å². The largest absolute Gasteiger partial charge is 0.379 e. The van der Waals surface area contributed by atoms with Crippen molar-refractivity contribution in [2.75, 3.05) is 65.9 Å². The molecule has 2 aliphatic heterocycles. The molecule has 0 radical (unpaired) electrons. The third-order valence-electron chi connectivity index (χ3n) is 8.00. The molecule has 3 amide bonds. The molecule has 238 valence electrons. The van der Waals surface area contributed by atoms with E-state index in [1.807, 2.05) is 25.7 Å². The summed E-state index contributed by atoms with van der Waals surface area (Å²) in [5.74, 6) is 0.137. The van der Waals surface area contributed by atoms with Gasteiger partial charge in [-0.25, -0.2) is 4.68 Å². The Hall–Kier alpha value is -2.41. The summed E-state index contributed by atoms with van der Waals surface area (Å²) >= 11 is 0. The van der Waals surface area contributed by atoms with Crippen molar-refractivity contribution < 1.29 is 33.3 Å². The van der Waals surface area contributed by atoms with Crippen LogP contribution in [0.5, 0.6) is 0 Å². The number of imide groups is 1. The van der Waals surface area contributed by atoms with Crippen LogP contribution in [0.2, 0.25) is 0 Å². The molecule has 0 saturated carbocycles. The zero-order valence-corrected chi connectivity index (χ0v) is 26.4. The zero-order valence-electron chi connectivity index (χ0n) is 26.4. The van der Waals surface area contributed by atoms with Crippen LogP contribution in [0.15, 0.2) is 6.20 Å². The summed E-state index contributed by atoms with van der Waals surface area (Å²) in [6, 6.07) is 0. The Morgan fingerprint density at radius 3 is 2.02 bits per heavy atom. The number of rotatable bonds is 17. The average molecular weight is 594 g/mol. The molecule has 1 aromatic heterocycles. The molecule has 0 spiro atoms. The van der Waals surface area contributed by atoms with Crippen LogP contribution in [-0.2, 0) is 46.4 Å². The molecule has 2 saturated heterocycles. The topological polar surface area (TPSA) is 125 Å². The van der Waals surface area contributed by atoms with Crippen molar-refractivity contribution in [1.82, 2.24) is 24.8 Å². The van der Waals surface area contributed by atoms with Gasteiger partial charge in [0.25, 0.3) is 0 Å². The Bertz CT molecular complexity index is 1020. The Morgan fingerprint density at radius 1 is 0.881 bits per heavy atom. The normalized spacial score (nSPS) is 19.9. The van der Waals surface area contributed by atoms with E-state index in [9.17, 15) is 14.4 Å². The maximum atomic E-state index is 12.7. The maximum absolute atomic E-state index is 12.7. The molecule has 1 aromatic rings. The van der Waals surface area contributed by atoms with Crippen molar-refractivity contribution in [2.45, 2.75) is 73.9 Å². The molecule has 0 N–H and O–H groups in total. The Labute approximate surface area is 250 Å². The highest BCUT2D eigenvalue weighted by molar-refractivity contribution is 6.03. The standard InChI is InChI=1S/C30H51N5O7/c1-29(2,3)23-7-9-33(20-23)26(36)8-11-39-13-15-41-17-18-42-16-14-40-12-10-34-21-24(31-32-34)22-35-27(37)19-25(28(35)38)30(4,5)6/h21,23,25H,7-20,22H2,1-6H3/t23-,25?/m1/s1. The lowest BCUT2D eigenvalue weighted by molar-refractivity contribution is -0.141. The molecule has 0 aromatic carbocycles. The van der Waals surface area contributed by atoms with Crippen LogP contribution in [0, 0.1) is 22.7 Å². The number of ether oxygens (including phenoxy) is 4. The lowest BCUT2D eigenvalue weighted by Crippen LogP contribution is -2.33. The molecule has 12 nitrogen and oxygen atoms in total. The van der Waals surface area contributed by atoms with Gasteiger partial charge >= 0.3 is 0 Å². The maximum Gasteiger partial charge on any atom is 0.233 e. The van der Waals surface area contributed by atoms with Gasteiger partial charge in [0.05, 0.1) is 84.5 Å². The summed E-state index contributed by atoms with van der Waals surface area (Å²) in [6.07, 6.45) is 3.47. The smallest absolute Gasteiger partial charge is 0.233 e. The summed E-state index contributed by atoms with van der Waals surface area (Å²) in [6.45, 7) is 18.6. The summed E-state index contributed by atoms with van der Waals surface area (Å²) in [4.78, 5) is 40.6. The van der Waals surface area contributed by atoms with Crippen molar-refractivity contribution in [1.29, 1.82) is 0 Å². The highest BCUT2D eigenvalue weighted by Gasteiger charge is 2.44. The Morgan fingerprint density at radius 2 is 1.48 bits per heavy atom. The monoisotopic (exact) mass is 593 g/mol. The minimum Gasteiger partial charge on any atom is -0.379 e. The molecule has 0 bridgehead atoms. The van der Waals surface area contributed by atoms with Gasteiger partial charge < -0.3 is 23.8 Å². The molecular weight excluding hydrogens is 542 g/mol. The van der Waals surface area contributed by atoms with E-state index < -0.39 is 0 Å². The van der Waals surface area contributed by atoms with Gasteiger partial charge in [-0.1, -0.05) is 46.8 Å². The lowest BCUT2D eigenvalue weighted by atomic mass is 9.80. The van der Waals surface area contributed by atoms with E-state index in [-0.39, 0.29) is 47.4 Å². The fourth-order valence-corrected chi connectivity index (χ4v) is 5.14. The van der Waals surface area contributed by atoms with E-state index in [0.717, 1.165) is 19.5 Å². The number of carbonyl (C=O) groups is 3. The van der Waals surface area contributed by atoms with E-state index >= 15 is 0 Å². The summed E-state index contributed by atoms with van der Waals surface area (Å²) < 4.78 is 23.8. The van der Waals surface area contributed by atoms with E-state index in [1.54, 1.807) is 10.9 Å². The van der Waals surface area contributed by atoms with E-state index in [0.29, 0.717) is 77.4 Å². The second-order valence-electron chi connectivity index (χ2n) is 13.3. The number of carbonyl (C=O) groups excluding carboxylic acids is 3. The first-order valence-corrected chi connectivity index (χ1v) is 15.2. The van der Waals surface area contributed by atoms with E-state index in [1.165, 1.54) is 4.90 Å². The number of nitrogens with zero attached hydrogens (tertiary/aromatic N) is 5. The van der Waals surface area contributed by atoms with Crippen LogP contribution >= 0.6 is 0 Å². The first-order valence-electron chi connectivity index (χ1n) is 15.2. The van der Waals surface area contributed by atoms with Crippen molar-refractivity contribution in [2.24, 2.45) is 22.7 Å². The van der Waals surface area contributed by atoms with Gasteiger partial charge in [-0.2, -0.15) is 0 Å². The highest BCUT2D eigenvalue weighted by Crippen LogP contribution is 2.36. The second-order valence-corrected chi connectivity index (χ2v) is 13.3. The van der Waals surface area contributed by atoms with E-state index in [2.05, 4.69) is 31.1 Å². The molecule has 2 aliphatic rings. The van der Waals surface area contributed by atoms with Crippen molar-refractivity contribution in [3.8, 4) is 0 Å². The number of hydrogen-bond acceptors (Lipinski definition) is 9. The molecule has 1 unspecified atom stereocenters. The van der Waals surface area contributed by atoms with E-state index in [4.69, 9.17) is 18.9 Å². The molecule has 3 heterocycles. The minimum atomic E-state index is -0.300. The first-order chi connectivity index (χ1) is 19.9. The van der Waals surface area contributed by atoms with Crippen molar-refractivity contribution >= 4 is 17.7 Å². The zero-order chi connectivity index (χ0) is 30.8. The number of likely N-dealkylation sites (tertiary alicyclic amines) is 2. The SMILES string of the molecule is CC(C)(C)C1CC(=O)N(Cc2cn(CCOCCOCCOCCOCCC(=O)N3CC[C@@H](C(C)(C)C)C3)nn2)C1=O. The fourth-order valence-electron chi connectivity index (χ4n) is 5.14. The summed E-state index contributed by atoms with van der Waals surface area (Å²) in [7, 11) is 0. The molecule has 2 fully saturated rings. The Kier molecular flexibility index (Phi) is 12.9. The molecule has 12 heteroatoms. The van der Waals surface area contributed by atoms with Gasteiger partial charge in [-0.3, -0.25) is 19.3 Å². The molecule has 3 rings (SSSR count). The van der Waals surface area contributed by atoms with Crippen LogP contribution in [-0.4, -0.2) is 108 Å². The van der Waals surface area contributed by atoms with Gasteiger partial charge in [0, 0.05) is 19.5 Å². The second kappa shape index (κ2) is 15.9. The average Bonchev–Trinajstić information content (AvgIpc) is 3.65. The highest BCUT2D eigenvalue weighted by atomic mass is 16.6. The van der Waals surface area contributed by atoms with Crippen LogP contribution in [0.1, 0.15) is 66.5 Å². The molecular formula is C30H51N5O7. The molecule has 42 heavy (non-hydrogen) atoms. The number of aromatic nitrogens is 3. The molecule has 0 aliphatic carbocycles. The van der Waals surface area contributed by atoms with Gasteiger partial charge in [-0.05, 0) is 23.2 Å².